The van der Waals surface area contributed by atoms with Gasteiger partial charge in [0, 0.05) is 0 Å². The molecular weight excluding hydrogens is 134 g/mol. The molecule has 1 nitrogen and oxygen atoms in total. The zero-order valence-electron chi connectivity index (χ0n) is 7.46. The van der Waals surface area contributed by atoms with Gasteiger partial charge in [0.05, 0.1) is 12.0 Å². The van der Waals surface area contributed by atoms with Gasteiger partial charge in [-0.1, -0.05) is 25.5 Å². The Hall–Kier alpha value is -0.770. The fourth-order valence-corrected chi connectivity index (χ4v) is 2.02. The Bertz CT molecular complexity index is 209. The Labute approximate surface area is 68.7 Å². The number of nitriles is 1. The SMILES string of the molecule is CC1=C[C@H](C)[C@H](C#N)[C@H](C)C1. The van der Waals surface area contributed by atoms with Crippen LogP contribution in [0.2, 0.25) is 0 Å². The predicted molar refractivity (Wildman–Crippen MR) is 45.8 cm³/mol. The van der Waals surface area contributed by atoms with Crippen molar-refractivity contribution in [3.63, 3.8) is 0 Å². The zero-order valence-corrected chi connectivity index (χ0v) is 7.46. The van der Waals surface area contributed by atoms with E-state index in [-0.39, 0.29) is 5.92 Å². The van der Waals surface area contributed by atoms with Crippen LogP contribution in [0.1, 0.15) is 27.2 Å². The van der Waals surface area contributed by atoms with Gasteiger partial charge in [-0.25, -0.2) is 0 Å². The molecule has 0 spiro atoms. The predicted octanol–water partition coefficient (Wildman–Crippen LogP) is 2.75. The van der Waals surface area contributed by atoms with Crippen molar-refractivity contribution in [1.82, 2.24) is 0 Å². The number of hydrogen-bond acceptors (Lipinski definition) is 1. The van der Waals surface area contributed by atoms with Crippen LogP contribution in [0.5, 0.6) is 0 Å². The molecule has 60 valence electrons. The molecular formula is C10H15N. The molecule has 0 radical (unpaired) electrons. The van der Waals surface area contributed by atoms with Crippen LogP contribution >= 0.6 is 0 Å². The minimum atomic E-state index is 0.235. The van der Waals surface area contributed by atoms with Gasteiger partial charge in [0.2, 0.25) is 0 Å². The summed E-state index contributed by atoms with van der Waals surface area (Å²) in [5, 5.41) is 8.84. The summed E-state index contributed by atoms with van der Waals surface area (Å²) in [5.41, 5.74) is 1.44. The Kier molecular flexibility index (Phi) is 2.34. The number of hydrogen-bond donors (Lipinski definition) is 0. The second-order valence-corrected chi connectivity index (χ2v) is 3.71. The molecule has 11 heavy (non-hydrogen) atoms. The van der Waals surface area contributed by atoms with Crippen molar-refractivity contribution < 1.29 is 0 Å². The fourth-order valence-electron chi connectivity index (χ4n) is 2.02. The molecule has 0 aliphatic heterocycles. The average Bonchev–Trinajstić information content (AvgIpc) is 1.85. The molecule has 0 saturated heterocycles. The lowest BCUT2D eigenvalue weighted by atomic mass is 9.76. The van der Waals surface area contributed by atoms with Crippen LogP contribution in [0.4, 0.5) is 0 Å². The lowest BCUT2D eigenvalue weighted by Gasteiger charge is -2.27. The molecule has 0 saturated carbocycles. The summed E-state index contributed by atoms with van der Waals surface area (Å²) < 4.78 is 0. The quantitative estimate of drug-likeness (QED) is 0.486. The van der Waals surface area contributed by atoms with Gasteiger partial charge in [-0.05, 0) is 25.2 Å². The van der Waals surface area contributed by atoms with Crippen LogP contribution in [-0.2, 0) is 0 Å². The molecule has 0 heterocycles. The third kappa shape index (κ3) is 1.63. The summed E-state index contributed by atoms with van der Waals surface area (Å²) >= 11 is 0. The highest BCUT2D eigenvalue weighted by atomic mass is 14.3. The highest BCUT2D eigenvalue weighted by molar-refractivity contribution is 5.12. The average molecular weight is 149 g/mol. The monoisotopic (exact) mass is 149 g/mol. The maximum Gasteiger partial charge on any atom is 0.0664 e. The first-order valence-electron chi connectivity index (χ1n) is 4.22. The van der Waals surface area contributed by atoms with Gasteiger partial charge < -0.3 is 0 Å². The Morgan fingerprint density at radius 1 is 1.55 bits per heavy atom. The molecule has 0 aromatic heterocycles. The van der Waals surface area contributed by atoms with E-state index >= 15 is 0 Å². The third-order valence-electron chi connectivity index (χ3n) is 2.52. The number of allylic oxidation sites excluding steroid dienone is 2. The third-order valence-corrected chi connectivity index (χ3v) is 2.52. The minimum Gasteiger partial charge on any atom is -0.198 e. The van der Waals surface area contributed by atoms with E-state index in [4.69, 9.17) is 5.26 Å². The second-order valence-electron chi connectivity index (χ2n) is 3.71. The molecule has 1 aliphatic rings. The summed E-state index contributed by atoms with van der Waals surface area (Å²) in [7, 11) is 0. The Morgan fingerprint density at radius 3 is 2.64 bits per heavy atom. The van der Waals surface area contributed by atoms with E-state index in [9.17, 15) is 0 Å². The van der Waals surface area contributed by atoms with Crippen LogP contribution in [0.3, 0.4) is 0 Å². The summed E-state index contributed by atoms with van der Waals surface area (Å²) in [5.74, 6) is 1.22. The number of nitrogens with zero attached hydrogens (tertiary/aromatic N) is 1. The maximum absolute atomic E-state index is 8.84. The molecule has 0 unspecified atom stereocenters. The first kappa shape index (κ1) is 8.33. The van der Waals surface area contributed by atoms with E-state index in [2.05, 4.69) is 32.9 Å². The molecule has 0 aromatic rings. The van der Waals surface area contributed by atoms with Gasteiger partial charge in [0.1, 0.15) is 0 Å². The van der Waals surface area contributed by atoms with E-state index in [1.807, 2.05) is 0 Å². The van der Waals surface area contributed by atoms with Crippen molar-refractivity contribution in [1.29, 1.82) is 5.26 Å². The van der Waals surface area contributed by atoms with Crippen LogP contribution in [0.15, 0.2) is 11.6 Å². The highest BCUT2D eigenvalue weighted by Gasteiger charge is 2.25. The van der Waals surface area contributed by atoms with E-state index in [0.29, 0.717) is 11.8 Å². The zero-order chi connectivity index (χ0) is 8.43. The summed E-state index contributed by atoms with van der Waals surface area (Å²) in [6.07, 6.45) is 3.33. The van der Waals surface area contributed by atoms with Crippen molar-refractivity contribution in [3.8, 4) is 6.07 Å². The lowest BCUT2D eigenvalue weighted by Crippen LogP contribution is -2.21. The first-order chi connectivity index (χ1) is 5.15. The topological polar surface area (TPSA) is 23.8 Å². The van der Waals surface area contributed by atoms with Crippen molar-refractivity contribution in [2.75, 3.05) is 0 Å². The van der Waals surface area contributed by atoms with E-state index in [1.165, 1.54) is 5.57 Å². The molecule has 0 fully saturated rings. The van der Waals surface area contributed by atoms with E-state index in [0.717, 1.165) is 6.42 Å². The largest absolute Gasteiger partial charge is 0.198 e. The molecule has 3 atom stereocenters. The molecule has 1 aliphatic carbocycles. The van der Waals surface area contributed by atoms with Crippen molar-refractivity contribution in [2.24, 2.45) is 17.8 Å². The van der Waals surface area contributed by atoms with Gasteiger partial charge in [0.15, 0.2) is 0 Å². The smallest absolute Gasteiger partial charge is 0.0664 e. The summed E-state index contributed by atoms with van der Waals surface area (Å²) in [6, 6.07) is 2.38. The number of rotatable bonds is 0. The lowest BCUT2D eigenvalue weighted by molar-refractivity contribution is 0.342. The van der Waals surface area contributed by atoms with Crippen LogP contribution < -0.4 is 0 Å². The molecule has 0 amide bonds. The van der Waals surface area contributed by atoms with Gasteiger partial charge in [-0.15, -0.1) is 0 Å². The molecule has 0 bridgehead atoms. The van der Waals surface area contributed by atoms with Gasteiger partial charge in [0.25, 0.3) is 0 Å². The molecule has 0 aromatic carbocycles. The standard InChI is InChI=1S/C10H15N/c1-7-4-8(2)10(6-11)9(3)5-7/h4,8-10H,5H2,1-3H3/t8-,9+,10-/m0/s1. The summed E-state index contributed by atoms with van der Waals surface area (Å²) in [4.78, 5) is 0. The van der Waals surface area contributed by atoms with E-state index < -0.39 is 0 Å². The van der Waals surface area contributed by atoms with Crippen LogP contribution in [-0.4, -0.2) is 0 Å². The van der Waals surface area contributed by atoms with E-state index in [1.54, 1.807) is 0 Å². The molecule has 1 rings (SSSR count). The molecule has 1 heteroatoms. The first-order valence-corrected chi connectivity index (χ1v) is 4.22. The Morgan fingerprint density at radius 2 is 2.18 bits per heavy atom. The second kappa shape index (κ2) is 3.09. The Balaban J connectivity index is 2.79. The normalized spacial score (nSPS) is 37.6. The summed E-state index contributed by atoms with van der Waals surface area (Å²) in [6.45, 7) is 6.45. The van der Waals surface area contributed by atoms with Crippen molar-refractivity contribution in [3.05, 3.63) is 11.6 Å². The minimum absolute atomic E-state index is 0.235. The van der Waals surface area contributed by atoms with Crippen LogP contribution in [0.25, 0.3) is 0 Å². The van der Waals surface area contributed by atoms with Gasteiger partial charge >= 0.3 is 0 Å². The van der Waals surface area contributed by atoms with Crippen molar-refractivity contribution in [2.45, 2.75) is 27.2 Å². The fraction of sp³-hybridized carbons (Fsp3) is 0.700. The van der Waals surface area contributed by atoms with Crippen molar-refractivity contribution >= 4 is 0 Å². The molecule has 0 N–H and O–H groups in total. The maximum atomic E-state index is 8.84. The highest BCUT2D eigenvalue weighted by Crippen LogP contribution is 2.32. The van der Waals surface area contributed by atoms with Crippen LogP contribution in [0, 0.1) is 29.1 Å². The van der Waals surface area contributed by atoms with Gasteiger partial charge in [-0.3, -0.25) is 0 Å². The van der Waals surface area contributed by atoms with Gasteiger partial charge in [-0.2, -0.15) is 5.26 Å².